The molecule has 0 aliphatic carbocycles. The number of benzene rings is 2. The van der Waals surface area contributed by atoms with Gasteiger partial charge in [0.15, 0.2) is 5.78 Å². The molecule has 0 aliphatic heterocycles. The number of para-hydroxylation sites is 1. The first kappa shape index (κ1) is 21.9. The van der Waals surface area contributed by atoms with E-state index in [2.05, 4.69) is 46.8 Å². The third-order valence-electron chi connectivity index (χ3n) is 5.27. The first-order valence-electron chi connectivity index (χ1n) is 10.3. The van der Waals surface area contributed by atoms with Gasteiger partial charge in [0.05, 0.1) is 18.4 Å². The third-order valence-corrected chi connectivity index (χ3v) is 6.09. The molecule has 0 bridgehead atoms. The van der Waals surface area contributed by atoms with Gasteiger partial charge in [-0.05, 0) is 69.2 Å². The van der Waals surface area contributed by atoms with Crippen LogP contribution in [0.1, 0.15) is 32.9 Å². The molecule has 0 spiro atoms. The van der Waals surface area contributed by atoms with Gasteiger partial charge >= 0.3 is 0 Å². The van der Waals surface area contributed by atoms with Crippen LogP contribution in [0.15, 0.2) is 58.2 Å². The Bertz CT molecular complexity index is 1270. The molecular weight excluding hydrogens is 422 g/mol. The van der Waals surface area contributed by atoms with Crippen LogP contribution in [0, 0.1) is 27.7 Å². The summed E-state index contributed by atoms with van der Waals surface area (Å²) in [5.41, 5.74) is 6.84. The minimum Gasteiger partial charge on any atom is -0.496 e. The maximum atomic E-state index is 13.0. The van der Waals surface area contributed by atoms with Crippen molar-refractivity contribution in [2.45, 2.75) is 32.9 Å². The van der Waals surface area contributed by atoms with Crippen molar-refractivity contribution in [1.82, 2.24) is 14.8 Å². The van der Waals surface area contributed by atoms with Crippen molar-refractivity contribution in [3.8, 4) is 22.9 Å². The highest BCUT2D eigenvalue weighted by Crippen LogP contribution is 2.31. The fourth-order valence-electron chi connectivity index (χ4n) is 3.93. The zero-order valence-electron chi connectivity index (χ0n) is 18.8. The van der Waals surface area contributed by atoms with Crippen LogP contribution in [0.25, 0.3) is 17.1 Å². The quantitative estimate of drug-likeness (QED) is 0.266. The zero-order valence-corrected chi connectivity index (χ0v) is 19.6. The molecule has 164 valence electrons. The lowest BCUT2D eigenvalue weighted by atomic mass is 10.1. The predicted octanol–water partition coefficient (Wildman–Crippen LogP) is 5.74. The van der Waals surface area contributed by atoms with Crippen molar-refractivity contribution in [3.05, 3.63) is 76.6 Å². The Morgan fingerprint density at radius 2 is 1.75 bits per heavy atom. The van der Waals surface area contributed by atoms with Gasteiger partial charge in [-0.15, -0.1) is 10.2 Å². The number of nitrogens with zero attached hydrogens (tertiary/aromatic N) is 3. The average Bonchev–Trinajstić information content (AvgIpc) is 3.35. The summed E-state index contributed by atoms with van der Waals surface area (Å²) >= 11 is 1.24. The van der Waals surface area contributed by atoms with Crippen LogP contribution in [0.5, 0.6) is 5.75 Å². The third kappa shape index (κ3) is 4.34. The topological polar surface area (TPSA) is 70.2 Å². The number of carbonyl (C=O) groups excluding carboxylic acids is 1. The summed E-state index contributed by atoms with van der Waals surface area (Å²) in [6, 6.07) is 15.8. The second kappa shape index (κ2) is 9.04. The van der Waals surface area contributed by atoms with Gasteiger partial charge in [-0.2, -0.15) is 0 Å². The highest BCUT2D eigenvalue weighted by molar-refractivity contribution is 7.99. The van der Waals surface area contributed by atoms with Crippen LogP contribution < -0.4 is 4.74 Å². The molecular formula is C25H25N3O3S. The van der Waals surface area contributed by atoms with Crippen molar-refractivity contribution in [1.29, 1.82) is 0 Å². The van der Waals surface area contributed by atoms with Crippen LogP contribution in [-0.4, -0.2) is 33.4 Å². The number of Topliss-reactive ketones (excluding diaryl/α,β-unsaturated/α-hetero) is 1. The minimum absolute atomic E-state index is 0.0239. The number of thioether (sulfide) groups is 1. The maximum Gasteiger partial charge on any atom is 0.277 e. The molecule has 32 heavy (non-hydrogen) atoms. The standard InChI is InChI=1S/C25H25N3O3S/c1-15-10-16(2)12-19(11-15)28-17(3)13-21(18(28)4)22(29)14-32-25-27-26-24(31-25)20-8-6-7-9-23(20)30-5/h6-13H,14H2,1-5H3. The van der Waals surface area contributed by atoms with Gasteiger partial charge in [-0.25, -0.2) is 0 Å². The molecule has 0 saturated heterocycles. The first-order chi connectivity index (χ1) is 15.4. The molecule has 6 nitrogen and oxygen atoms in total. The van der Waals surface area contributed by atoms with Gasteiger partial charge in [0.2, 0.25) is 0 Å². The molecule has 2 heterocycles. The second-order valence-electron chi connectivity index (χ2n) is 7.75. The van der Waals surface area contributed by atoms with E-state index in [-0.39, 0.29) is 11.5 Å². The number of hydrogen-bond acceptors (Lipinski definition) is 6. The largest absolute Gasteiger partial charge is 0.496 e. The van der Waals surface area contributed by atoms with Crippen molar-refractivity contribution in [2.24, 2.45) is 0 Å². The summed E-state index contributed by atoms with van der Waals surface area (Å²) in [6.07, 6.45) is 0. The molecule has 0 fully saturated rings. The van der Waals surface area contributed by atoms with E-state index >= 15 is 0 Å². The Kier molecular flexibility index (Phi) is 6.19. The molecule has 0 atom stereocenters. The Morgan fingerprint density at radius 3 is 2.47 bits per heavy atom. The Hall–Kier alpha value is -3.32. The Balaban J connectivity index is 1.52. The Morgan fingerprint density at radius 1 is 1.03 bits per heavy atom. The molecule has 0 unspecified atom stereocenters. The van der Waals surface area contributed by atoms with Crippen molar-refractivity contribution < 1.29 is 13.9 Å². The average molecular weight is 448 g/mol. The fourth-order valence-corrected chi connectivity index (χ4v) is 4.57. The molecule has 0 amide bonds. The summed E-state index contributed by atoms with van der Waals surface area (Å²) in [5.74, 6) is 1.26. The molecule has 7 heteroatoms. The smallest absolute Gasteiger partial charge is 0.277 e. The number of methoxy groups -OCH3 is 1. The maximum absolute atomic E-state index is 13.0. The van der Waals surface area contributed by atoms with E-state index in [9.17, 15) is 4.79 Å². The number of rotatable bonds is 7. The van der Waals surface area contributed by atoms with E-state index in [1.807, 2.05) is 44.2 Å². The summed E-state index contributed by atoms with van der Waals surface area (Å²) in [7, 11) is 1.60. The highest BCUT2D eigenvalue weighted by Gasteiger charge is 2.19. The second-order valence-corrected chi connectivity index (χ2v) is 8.68. The number of carbonyl (C=O) groups is 1. The lowest BCUT2D eigenvalue weighted by molar-refractivity contribution is 0.102. The van der Waals surface area contributed by atoms with Crippen molar-refractivity contribution in [2.75, 3.05) is 12.9 Å². The number of ketones is 1. The monoisotopic (exact) mass is 447 g/mol. The number of aromatic nitrogens is 3. The lowest BCUT2D eigenvalue weighted by Gasteiger charge is -2.12. The van der Waals surface area contributed by atoms with Gasteiger partial charge < -0.3 is 13.7 Å². The van der Waals surface area contributed by atoms with Crippen molar-refractivity contribution in [3.63, 3.8) is 0 Å². The van der Waals surface area contributed by atoms with Crippen LogP contribution in [0.3, 0.4) is 0 Å². The van der Waals surface area contributed by atoms with E-state index in [1.165, 1.54) is 22.9 Å². The highest BCUT2D eigenvalue weighted by atomic mass is 32.2. The molecule has 0 saturated carbocycles. The van der Waals surface area contributed by atoms with Crippen LogP contribution in [-0.2, 0) is 0 Å². The summed E-state index contributed by atoms with van der Waals surface area (Å²) in [4.78, 5) is 13.0. The number of ether oxygens (including phenoxy) is 1. The van der Waals surface area contributed by atoms with Crippen LogP contribution in [0.4, 0.5) is 0 Å². The van der Waals surface area contributed by atoms with E-state index in [1.54, 1.807) is 7.11 Å². The van der Waals surface area contributed by atoms with E-state index in [4.69, 9.17) is 9.15 Å². The van der Waals surface area contributed by atoms with E-state index in [0.29, 0.717) is 22.4 Å². The van der Waals surface area contributed by atoms with Crippen LogP contribution in [0.2, 0.25) is 0 Å². The predicted molar refractivity (Wildman–Crippen MR) is 126 cm³/mol. The lowest BCUT2D eigenvalue weighted by Crippen LogP contribution is -2.06. The summed E-state index contributed by atoms with van der Waals surface area (Å²) in [5, 5.41) is 8.53. The SMILES string of the molecule is COc1ccccc1-c1nnc(SCC(=O)c2cc(C)n(-c3cc(C)cc(C)c3)c2C)o1. The van der Waals surface area contributed by atoms with Crippen molar-refractivity contribution >= 4 is 17.5 Å². The van der Waals surface area contributed by atoms with E-state index in [0.717, 1.165) is 22.6 Å². The zero-order chi connectivity index (χ0) is 22.8. The molecule has 0 aliphatic rings. The van der Waals surface area contributed by atoms with Crippen LogP contribution >= 0.6 is 11.8 Å². The molecule has 0 radical (unpaired) electrons. The van der Waals surface area contributed by atoms with E-state index < -0.39 is 0 Å². The minimum atomic E-state index is 0.0239. The molecule has 0 N–H and O–H groups in total. The molecule has 2 aromatic carbocycles. The van der Waals surface area contributed by atoms with Gasteiger partial charge in [-0.3, -0.25) is 4.79 Å². The molecule has 4 aromatic rings. The summed E-state index contributed by atoms with van der Waals surface area (Å²) < 4.78 is 13.2. The van der Waals surface area contributed by atoms with Gasteiger partial charge in [0.1, 0.15) is 5.75 Å². The Labute approximate surface area is 191 Å². The first-order valence-corrected chi connectivity index (χ1v) is 11.3. The van der Waals surface area contributed by atoms with Gasteiger partial charge in [0, 0.05) is 22.6 Å². The number of aryl methyl sites for hydroxylation is 3. The van der Waals surface area contributed by atoms with Gasteiger partial charge in [0.25, 0.3) is 11.1 Å². The number of hydrogen-bond donors (Lipinski definition) is 0. The van der Waals surface area contributed by atoms with Gasteiger partial charge in [-0.1, -0.05) is 30.0 Å². The molecule has 4 rings (SSSR count). The normalized spacial score (nSPS) is 11.0. The molecule has 2 aromatic heterocycles. The summed E-state index contributed by atoms with van der Waals surface area (Å²) in [6.45, 7) is 8.16. The fraction of sp³-hybridized carbons (Fsp3) is 0.240.